The average Bonchev–Trinajstić information content (AvgIpc) is 2.86. The van der Waals surface area contributed by atoms with Crippen molar-refractivity contribution in [3.63, 3.8) is 0 Å². The molecule has 1 unspecified atom stereocenters. The van der Waals surface area contributed by atoms with Crippen LogP contribution >= 0.6 is 15.9 Å². The largest absolute Gasteiger partial charge is 0.465 e. The van der Waals surface area contributed by atoms with E-state index in [1.807, 2.05) is 111 Å². The molecule has 0 aromatic heterocycles. The molecule has 4 nitrogen and oxygen atoms in total. The second kappa shape index (κ2) is 12.9. The first-order valence-electron chi connectivity index (χ1n) is 11.4. The van der Waals surface area contributed by atoms with Crippen molar-refractivity contribution in [1.29, 1.82) is 0 Å². The number of carbonyl (C=O) groups is 1. The summed E-state index contributed by atoms with van der Waals surface area (Å²) in [5, 5.41) is 4.41. The van der Waals surface area contributed by atoms with Gasteiger partial charge in [-0.15, -0.1) is 0 Å². The Labute approximate surface area is 210 Å². The van der Waals surface area contributed by atoms with E-state index >= 15 is 0 Å². The molecule has 0 N–H and O–H groups in total. The van der Waals surface area contributed by atoms with E-state index in [1.54, 1.807) is 0 Å². The van der Waals surface area contributed by atoms with E-state index in [1.165, 1.54) is 0 Å². The summed E-state index contributed by atoms with van der Waals surface area (Å²) in [4.78, 5) is 19.2. The van der Waals surface area contributed by atoms with Gasteiger partial charge >= 0.3 is 5.97 Å². The van der Waals surface area contributed by atoms with Gasteiger partial charge in [-0.2, -0.15) is 0 Å². The van der Waals surface area contributed by atoms with Crippen molar-refractivity contribution in [2.75, 3.05) is 6.61 Å². The second-order valence-electron chi connectivity index (χ2n) is 8.02. The van der Waals surface area contributed by atoms with Crippen LogP contribution in [0.3, 0.4) is 0 Å². The Balaban J connectivity index is 1.95. The number of carbonyl (C=O) groups excluding carboxylic acids is 1. The van der Waals surface area contributed by atoms with Crippen LogP contribution in [0.1, 0.15) is 37.0 Å². The Morgan fingerprint density at radius 3 is 2.29 bits per heavy atom. The number of benzene rings is 3. The van der Waals surface area contributed by atoms with Crippen molar-refractivity contribution >= 4 is 33.7 Å². The standard InChI is InChI=1S/C29H30BrNO3/c1-3-33-28(32)29(21-26-18-10-11-19-27(26)30,20-12-17-24-13-6-4-7-14-24)23(2)31-34-22-25-15-8-5-9-16-25/h4-19H,3,20-22H2,1-2H3/b17-12+,31-23+. The first-order valence-corrected chi connectivity index (χ1v) is 12.2. The fraction of sp³-hybridized carbons (Fsp3) is 0.241. The van der Waals surface area contributed by atoms with Crippen molar-refractivity contribution in [2.24, 2.45) is 10.6 Å². The zero-order chi connectivity index (χ0) is 24.2. The summed E-state index contributed by atoms with van der Waals surface area (Å²) >= 11 is 3.63. The molecule has 176 valence electrons. The summed E-state index contributed by atoms with van der Waals surface area (Å²) in [6.07, 6.45) is 4.88. The summed E-state index contributed by atoms with van der Waals surface area (Å²) in [5.74, 6) is -0.312. The Kier molecular flexibility index (Phi) is 9.65. The van der Waals surface area contributed by atoms with Crippen LogP contribution in [0.2, 0.25) is 0 Å². The number of nitrogens with zero attached hydrogens (tertiary/aromatic N) is 1. The normalized spacial score (nSPS) is 13.4. The van der Waals surface area contributed by atoms with Crippen molar-refractivity contribution in [3.05, 3.63) is 112 Å². The highest BCUT2D eigenvalue weighted by Crippen LogP contribution is 2.35. The predicted octanol–water partition coefficient (Wildman–Crippen LogP) is 7.24. The lowest BCUT2D eigenvalue weighted by Crippen LogP contribution is -2.41. The molecular weight excluding hydrogens is 490 g/mol. The van der Waals surface area contributed by atoms with Gasteiger partial charge in [-0.3, -0.25) is 4.79 Å². The van der Waals surface area contributed by atoms with E-state index in [2.05, 4.69) is 21.1 Å². The maximum atomic E-state index is 13.5. The van der Waals surface area contributed by atoms with Gasteiger partial charge in [-0.1, -0.05) is 112 Å². The Bertz CT molecular complexity index is 1110. The van der Waals surface area contributed by atoms with E-state index < -0.39 is 5.41 Å². The lowest BCUT2D eigenvalue weighted by Gasteiger charge is -2.30. The van der Waals surface area contributed by atoms with Gasteiger partial charge in [0.05, 0.1) is 12.3 Å². The quantitative estimate of drug-likeness (QED) is 0.152. The molecule has 3 aromatic rings. The van der Waals surface area contributed by atoms with Crippen LogP contribution in [-0.2, 0) is 27.4 Å². The van der Waals surface area contributed by atoms with Gasteiger partial charge in [-0.05, 0) is 49.4 Å². The van der Waals surface area contributed by atoms with E-state index in [9.17, 15) is 4.79 Å². The first-order chi connectivity index (χ1) is 16.5. The van der Waals surface area contributed by atoms with Crippen molar-refractivity contribution in [2.45, 2.75) is 33.3 Å². The van der Waals surface area contributed by atoms with Crippen molar-refractivity contribution in [1.82, 2.24) is 0 Å². The van der Waals surface area contributed by atoms with E-state index in [-0.39, 0.29) is 12.6 Å². The SMILES string of the molecule is CCOC(=O)C(C/C=C/c1ccccc1)(Cc1ccccc1Br)/C(C)=N/OCc1ccccc1. The molecule has 0 amide bonds. The summed E-state index contributed by atoms with van der Waals surface area (Å²) in [5.41, 5.74) is 2.64. The number of hydrogen-bond donors (Lipinski definition) is 0. The van der Waals surface area contributed by atoms with Crippen LogP contribution in [0.4, 0.5) is 0 Å². The number of ether oxygens (including phenoxy) is 1. The van der Waals surface area contributed by atoms with Crippen LogP contribution in [0.15, 0.2) is 101 Å². The molecule has 0 aliphatic heterocycles. The molecule has 0 aliphatic carbocycles. The third-order valence-corrected chi connectivity index (χ3v) is 6.43. The topological polar surface area (TPSA) is 47.9 Å². The highest BCUT2D eigenvalue weighted by molar-refractivity contribution is 9.10. The highest BCUT2D eigenvalue weighted by Gasteiger charge is 2.43. The summed E-state index contributed by atoms with van der Waals surface area (Å²) in [6, 6.07) is 27.8. The molecule has 0 saturated carbocycles. The van der Waals surface area contributed by atoms with Gasteiger partial charge in [0.15, 0.2) is 0 Å². The van der Waals surface area contributed by atoms with Gasteiger partial charge in [0.25, 0.3) is 0 Å². The summed E-state index contributed by atoms with van der Waals surface area (Å²) < 4.78 is 6.52. The summed E-state index contributed by atoms with van der Waals surface area (Å²) in [6.45, 7) is 4.28. The summed E-state index contributed by atoms with van der Waals surface area (Å²) in [7, 11) is 0. The molecule has 34 heavy (non-hydrogen) atoms. The van der Waals surface area contributed by atoms with Gasteiger partial charge in [-0.25, -0.2) is 0 Å². The predicted molar refractivity (Wildman–Crippen MR) is 141 cm³/mol. The molecule has 0 bridgehead atoms. The molecule has 5 heteroatoms. The average molecular weight is 520 g/mol. The minimum atomic E-state index is -1.01. The number of oxime groups is 1. The van der Waals surface area contributed by atoms with Crippen molar-refractivity contribution < 1.29 is 14.4 Å². The number of rotatable bonds is 11. The Morgan fingerprint density at radius 2 is 1.62 bits per heavy atom. The zero-order valence-electron chi connectivity index (χ0n) is 19.6. The van der Waals surface area contributed by atoms with Crippen LogP contribution in [0, 0.1) is 5.41 Å². The minimum Gasteiger partial charge on any atom is -0.465 e. The lowest BCUT2D eigenvalue weighted by molar-refractivity contribution is -0.151. The van der Waals surface area contributed by atoms with Crippen LogP contribution in [0.25, 0.3) is 6.08 Å². The lowest BCUT2D eigenvalue weighted by atomic mass is 9.74. The number of allylic oxidation sites excluding steroid dienone is 1. The molecule has 0 radical (unpaired) electrons. The number of halogens is 1. The van der Waals surface area contributed by atoms with E-state index in [0.29, 0.717) is 25.2 Å². The molecule has 3 rings (SSSR count). The van der Waals surface area contributed by atoms with Crippen LogP contribution < -0.4 is 0 Å². The third-order valence-electron chi connectivity index (χ3n) is 5.66. The molecular formula is C29H30BrNO3. The first kappa shape index (κ1) is 25.4. The van der Waals surface area contributed by atoms with Crippen molar-refractivity contribution in [3.8, 4) is 0 Å². The molecule has 0 aliphatic rings. The maximum Gasteiger partial charge on any atom is 0.318 e. The third kappa shape index (κ3) is 6.91. The minimum absolute atomic E-state index is 0.289. The maximum absolute atomic E-state index is 13.5. The van der Waals surface area contributed by atoms with Crippen LogP contribution in [0.5, 0.6) is 0 Å². The van der Waals surface area contributed by atoms with Gasteiger partial charge < -0.3 is 9.57 Å². The molecule has 0 spiro atoms. The highest BCUT2D eigenvalue weighted by atomic mass is 79.9. The zero-order valence-corrected chi connectivity index (χ0v) is 21.2. The fourth-order valence-corrected chi connectivity index (χ4v) is 4.14. The van der Waals surface area contributed by atoms with E-state index in [4.69, 9.17) is 9.57 Å². The van der Waals surface area contributed by atoms with Crippen LogP contribution in [-0.4, -0.2) is 18.3 Å². The fourth-order valence-electron chi connectivity index (χ4n) is 3.71. The molecule has 3 aromatic carbocycles. The Hall–Kier alpha value is -3.18. The second-order valence-corrected chi connectivity index (χ2v) is 8.88. The number of esters is 1. The monoisotopic (exact) mass is 519 g/mol. The van der Waals surface area contributed by atoms with Gasteiger partial charge in [0.2, 0.25) is 0 Å². The Morgan fingerprint density at radius 1 is 0.971 bits per heavy atom. The van der Waals surface area contributed by atoms with E-state index in [0.717, 1.165) is 21.2 Å². The van der Waals surface area contributed by atoms with Gasteiger partial charge in [0, 0.05) is 4.47 Å². The molecule has 0 heterocycles. The molecule has 0 fully saturated rings. The smallest absolute Gasteiger partial charge is 0.318 e. The molecule has 1 atom stereocenters. The number of hydrogen-bond acceptors (Lipinski definition) is 4. The van der Waals surface area contributed by atoms with Gasteiger partial charge in [0.1, 0.15) is 12.0 Å². The molecule has 0 saturated heterocycles.